The SMILES string of the molecule is O=C(O)c1ccnn1Cc1ccc(C(F)(F)F)cc1. The van der Waals surface area contributed by atoms with Gasteiger partial charge in [0.1, 0.15) is 5.69 Å². The average molecular weight is 270 g/mol. The Hall–Kier alpha value is -2.31. The zero-order valence-electron chi connectivity index (χ0n) is 9.55. The largest absolute Gasteiger partial charge is 0.477 e. The Kier molecular flexibility index (Phi) is 3.28. The molecule has 0 unspecified atom stereocenters. The Labute approximate surface area is 106 Å². The van der Waals surface area contributed by atoms with E-state index in [0.717, 1.165) is 12.1 Å². The first-order chi connectivity index (χ1) is 8.88. The molecule has 0 spiro atoms. The minimum absolute atomic E-state index is 0.0140. The molecule has 0 fully saturated rings. The third-order valence-corrected chi connectivity index (χ3v) is 2.55. The number of nitrogens with zero attached hydrogens (tertiary/aromatic N) is 2. The molecule has 0 atom stereocenters. The quantitative estimate of drug-likeness (QED) is 0.932. The van der Waals surface area contributed by atoms with E-state index in [-0.39, 0.29) is 12.2 Å². The van der Waals surface area contributed by atoms with Gasteiger partial charge in [0.25, 0.3) is 0 Å². The molecule has 100 valence electrons. The second-order valence-electron chi connectivity index (χ2n) is 3.87. The van der Waals surface area contributed by atoms with Gasteiger partial charge in [-0.1, -0.05) is 12.1 Å². The average Bonchev–Trinajstić information content (AvgIpc) is 2.77. The summed E-state index contributed by atoms with van der Waals surface area (Å²) in [6.07, 6.45) is -3.05. The van der Waals surface area contributed by atoms with Crippen molar-refractivity contribution in [3.63, 3.8) is 0 Å². The number of carboxylic acid groups (broad SMARTS) is 1. The normalized spacial score (nSPS) is 11.5. The van der Waals surface area contributed by atoms with E-state index in [0.29, 0.717) is 5.56 Å². The number of carboxylic acids is 1. The Morgan fingerprint density at radius 1 is 1.21 bits per heavy atom. The van der Waals surface area contributed by atoms with E-state index in [9.17, 15) is 18.0 Å². The molecule has 4 nitrogen and oxygen atoms in total. The zero-order valence-corrected chi connectivity index (χ0v) is 9.55. The standard InChI is InChI=1S/C12H9F3N2O2/c13-12(14,15)9-3-1-8(2-4-9)7-17-10(11(18)19)5-6-16-17/h1-6H,7H2,(H,18,19). The van der Waals surface area contributed by atoms with Crippen LogP contribution in [0.15, 0.2) is 36.5 Å². The number of carbonyl (C=O) groups is 1. The molecule has 0 saturated carbocycles. The van der Waals surface area contributed by atoms with Crippen LogP contribution in [0.2, 0.25) is 0 Å². The summed E-state index contributed by atoms with van der Waals surface area (Å²) >= 11 is 0. The number of aromatic nitrogens is 2. The summed E-state index contributed by atoms with van der Waals surface area (Å²) in [4.78, 5) is 10.8. The monoisotopic (exact) mass is 270 g/mol. The number of aromatic carboxylic acids is 1. The van der Waals surface area contributed by atoms with Crippen molar-refractivity contribution in [1.29, 1.82) is 0 Å². The molecule has 19 heavy (non-hydrogen) atoms. The highest BCUT2D eigenvalue weighted by Crippen LogP contribution is 2.29. The molecule has 2 rings (SSSR count). The Balaban J connectivity index is 2.20. The van der Waals surface area contributed by atoms with E-state index in [4.69, 9.17) is 5.11 Å². The first kappa shape index (κ1) is 13.1. The number of benzene rings is 1. The summed E-state index contributed by atoms with van der Waals surface area (Å²) in [6, 6.07) is 5.84. The third-order valence-electron chi connectivity index (χ3n) is 2.55. The van der Waals surface area contributed by atoms with Crippen molar-refractivity contribution in [3.05, 3.63) is 53.3 Å². The summed E-state index contributed by atoms with van der Waals surface area (Å²) in [7, 11) is 0. The molecule has 7 heteroatoms. The van der Waals surface area contributed by atoms with Crippen molar-refractivity contribution in [2.75, 3.05) is 0 Å². The minimum atomic E-state index is -4.38. The molecule has 0 saturated heterocycles. The lowest BCUT2D eigenvalue weighted by atomic mass is 10.1. The van der Waals surface area contributed by atoms with Gasteiger partial charge in [0.15, 0.2) is 0 Å². The van der Waals surface area contributed by atoms with Crippen LogP contribution in [0.25, 0.3) is 0 Å². The van der Waals surface area contributed by atoms with Crippen LogP contribution in [0.5, 0.6) is 0 Å². The minimum Gasteiger partial charge on any atom is -0.477 e. The van der Waals surface area contributed by atoms with E-state index in [1.54, 1.807) is 0 Å². The molecule has 0 bridgehead atoms. The van der Waals surface area contributed by atoms with Gasteiger partial charge in [-0.2, -0.15) is 18.3 Å². The predicted octanol–water partition coefficient (Wildman–Crippen LogP) is 2.65. The molecular formula is C12H9F3N2O2. The summed E-state index contributed by atoms with van der Waals surface area (Å²) in [5.41, 5.74) is -0.214. The number of halogens is 3. The predicted molar refractivity (Wildman–Crippen MR) is 59.7 cm³/mol. The summed E-state index contributed by atoms with van der Waals surface area (Å²) in [5.74, 6) is -1.13. The number of hydrogen-bond donors (Lipinski definition) is 1. The highest BCUT2D eigenvalue weighted by molar-refractivity contribution is 5.85. The van der Waals surface area contributed by atoms with Crippen LogP contribution in [0.4, 0.5) is 13.2 Å². The Morgan fingerprint density at radius 3 is 2.37 bits per heavy atom. The van der Waals surface area contributed by atoms with Gasteiger partial charge in [-0.15, -0.1) is 0 Å². The second-order valence-corrected chi connectivity index (χ2v) is 3.87. The highest BCUT2D eigenvalue weighted by atomic mass is 19.4. The van der Waals surface area contributed by atoms with Crippen LogP contribution in [-0.4, -0.2) is 20.9 Å². The highest BCUT2D eigenvalue weighted by Gasteiger charge is 2.29. The van der Waals surface area contributed by atoms with Gasteiger partial charge < -0.3 is 5.11 Å². The number of hydrogen-bond acceptors (Lipinski definition) is 2. The Morgan fingerprint density at radius 2 is 1.84 bits per heavy atom. The maximum atomic E-state index is 12.4. The summed E-state index contributed by atoms with van der Waals surface area (Å²) < 4.78 is 38.3. The van der Waals surface area contributed by atoms with Crippen molar-refractivity contribution in [2.45, 2.75) is 12.7 Å². The smallest absolute Gasteiger partial charge is 0.416 e. The molecule has 0 radical (unpaired) electrons. The van der Waals surface area contributed by atoms with Crippen LogP contribution in [0.1, 0.15) is 21.6 Å². The van der Waals surface area contributed by atoms with Gasteiger partial charge in [-0.3, -0.25) is 4.68 Å². The van der Waals surface area contributed by atoms with Crippen molar-refractivity contribution in [2.24, 2.45) is 0 Å². The molecule has 0 aliphatic heterocycles. The lowest BCUT2D eigenvalue weighted by Gasteiger charge is -2.08. The van der Waals surface area contributed by atoms with Gasteiger partial charge in [0.2, 0.25) is 0 Å². The zero-order chi connectivity index (χ0) is 14.0. The fraction of sp³-hybridized carbons (Fsp3) is 0.167. The fourth-order valence-corrected chi connectivity index (χ4v) is 1.61. The molecule has 1 heterocycles. The van der Waals surface area contributed by atoms with Crippen molar-refractivity contribution >= 4 is 5.97 Å². The third kappa shape index (κ3) is 2.93. The van der Waals surface area contributed by atoms with Crippen molar-refractivity contribution in [3.8, 4) is 0 Å². The van der Waals surface area contributed by atoms with Crippen molar-refractivity contribution < 1.29 is 23.1 Å². The summed E-state index contributed by atoms with van der Waals surface area (Å²) in [6.45, 7) is 0.104. The fourth-order valence-electron chi connectivity index (χ4n) is 1.61. The first-order valence-corrected chi connectivity index (χ1v) is 5.29. The molecule has 0 amide bonds. The van der Waals surface area contributed by atoms with E-state index in [2.05, 4.69) is 5.10 Å². The summed E-state index contributed by atoms with van der Waals surface area (Å²) in [5, 5.41) is 12.7. The van der Waals surface area contributed by atoms with E-state index in [1.807, 2.05) is 0 Å². The lowest BCUT2D eigenvalue weighted by Crippen LogP contribution is -2.11. The van der Waals surface area contributed by atoms with E-state index in [1.165, 1.54) is 29.1 Å². The molecule has 2 aromatic rings. The topological polar surface area (TPSA) is 55.1 Å². The second kappa shape index (κ2) is 4.75. The van der Waals surface area contributed by atoms with Crippen LogP contribution >= 0.6 is 0 Å². The molecule has 0 aliphatic carbocycles. The van der Waals surface area contributed by atoms with Crippen LogP contribution in [-0.2, 0) is 12.7 Å². The van der Waals surface area contributed by atoms with Gasteiger partial charge in [-0.25, -0.2) is 4.79 Å². The maximum absolute atomic E-state index is 12.4. The molecule has 1 N–H and O–H groups in total. The maximum Gasteiger partial charge on any atom is 0.416 e. The van der Waals surface area contributed by atoms with E-state index >= 15 is 0 Å². The lowest BCUT2D eigenvalue weighted by molar-refractivity contribution is -0.137. The molecule has 0 aliphatic rings. The van der Waals surface area contributed by atoms with Gasteiger partial charge >= 0.3 is 12.1 Å². The van der Waals surface area contributed by atoms with Crippen LogP contribution in [0.3, 0.4) is 0 Å². The molecule has 1 aromatic heterocycles. The number of alkyl halides is 3. The first-order valence-electron chi connectivity index (χ1n) is 5.29. The molecular weight excluding hydrogens is 261 g/mol. The Bertz CT molecular complexity index is 588. The van der Waals surface area contributed by atoms with Crippen LogP contribution < -0.4 is 0 Å². The van der Waals surface area contributed by atoms with Crippen molar-refractivity contribution in [1.82, 2.24) is 9.78 Å². The van der Waals surface area contributed by atoms with Gasteiger partial charge in [0, 0.05) is 6.20 Å². The number of rotatable bonds is 3. The van der Waals surface area contributed by atoms with Gasteiger partial charge in [-0.05, 0) is 23.8 Å². The van der Waals surface area contributed by atoms with E-state index < -0.39 is 17.7 Å². The van der Waals surface area contributed by atoms with Crippen LogP contribution in [0, 0.1) is 0 Å². The van der Waals surface area contributed by atoms with Gasteiger partial charge in [0.05, 0.1) is 12.1 Å². The molecule has 1 aromatic carbocycles.